The Hall–Kier alpha value is -2.67. The molecule has 2 heterocycles. The van der Waals surface area contributed by atoms with E-state index >= 15 is 0 Å². The highest BCUT2D eigenvalue weighted by molar-refractivity contribution is 5.92. The van der Waals surface area contributed by atoms with Crippen LogP contribution >= 0.6 is 0 Å². The number of rotatable bonds is 8. The highest BCUT2D eigenvalue weighted by Gasteiger charge is 2.16. The van der Waals surface area contributed by atoms with Gasteiger partial charge in [0.05, 0.1) is 0 Å². The highest BCUT2D eigenvalue weighted by atomic mass is 16.5. The van der Waals surface area contributed by atoms with Crippen molar-refractivity contribution < 1.29 is 9.53 Å². The summed E-state index contributed by atoms with van der Waals surface area (Å²) in [5.74, 6) is 1.04. The lowest BCUT2D eigenvalue weighted by atomic mass is 9.99. The van der Waals surface area contributed by atoms with Gasteiger partial charge in [-0.2, -0.15) is 0 Å². The maximum absolute atomic E-state index is 12.3. The smallest absolute Gasteiger partial charge is 0.270 e. The fourth-order valence-electron chi connectivity index (χ4n) is 3.40. The van der Waals surface area contributed by atoms with Crippen LogP contribution in [0.5, 0.6) is 0 Å². The minimum absolute atomic E-state index is 0.204. The number of hydrogen-bond donors (Lipinski definition) is 2. The zero-order chi connectivity index (χ0) is 20.6. The second-order valence-electron chi connectivity index (χ2n) is 7.66. The summed E-state index contributed by atoms with van der Waals surface area (Å²) in [5, 5.41) is 6.07. The van der Waals surface area contributed by atoms with Crippen LogP contribution in [0.3, 0.4) is 0 Å². The number of piperidine rings is 1. The number of benzene rings is 1. The van der Waals surface area contributed by atoms with Crippen molar-refractivity contribution in [3.63, 3.8) is 0 Å². The molecule has 156 valence electrons. The molecule has 0 spiro atoms. The molecule has 1 amide bonds. The number of aromatic nitrogens is 2. The molecule has 0 aliphatic carbocycles. The van der Waals surface area contributed by atoms with E-state index in [4.69, 9.17) is 4.74 Å². The Morgan fingerprint density at radius 2 is 1.93 bits per heavy atom. The number of carbonyl (C=O) groups excluding carboxylic acids is 1. The number of ether oxygens (including phenoxy) is 1. The van der Waals surface area contributed by atoms with Crippen LogP contribution in [0.2, 0.25) is 0 Å². The maximum Gasteiger partial charge on any atom is 0.270 e. The minimum Gasteiger partial charge on any atom is -0.385 e. The molecule has 2 aromatic rings. The van der Waals surface area contributed by atoms with E-state index in [1.165, 1.54) is 18.5 Å². The molecule has 0 atom stereocenters. The topological polar surface area (TPSA) is 79.4 Å². The van der Waals surface area contributed by atoms with Gasteiger partial charge in [0, 0.05) is 50.4 Å². The number of methoxy groups -OCH3 is 1. The first-order chi connectivity index (χ1) is 14.0. The molecular weight excluding hydrogens is 366 g/mol. The second-order valence-corrected chi connectivity index (χ2v) is 7.66. The van der Waals surface area contributed by atoms with Crippen molar-refractivity contribution in [1.82, 2.24) is 15.3 Å². The van der Waals surface area contributed by atoms with Gasteiger partial charge in [-0.3, -0.25) is 4.79 Å². The second kappa shape index (κ2) is 10.2. The highest BCUT2D eigenvalue weighted by Crippen LogP contribution is 2.25. The first-order valence-electron chi connectivity index (χ1n) is 10.3. The number of aryl methyl sites for hydroxylation is 1. The summed E-state index contributed by atoms with van der Waals surface area (Å²) in [7, 11) is 1.65. The summed E-state index contributed by atoms with van der Waals surface area (Å²) >= 11 is 0. The molecule has 29 heavy (non-hydrogen) atoms. The lowest BCUT2D eigenvalue weighted by Gasteiger charge is -2.32. The van der Waals surface area contributed by atoms with Gasteiger partial charge in [-0.05, 0) is 62.4 Å². The van der Waals surface area contributed by atoms with E-state index in [1.807, 2.05) is 19.1 Å². The van der Waals surface area contributed by atoms with Crippen molar-refractivity contribution in [3.8, 4) is 0 Å². The molecule has 7 nitrogen and oxygen atoms in total. The fraction of sp³-hybridized carbons (Fsp3) is 0.500. The van der Waals surface area contributed by atoms with Crippen LogP contribution < -0.4 is 15.5 Å². The summed E-state index contributed by atoms with van der Waals surface area (Å²) in [6, 6.07) is 10.00. The summed E-state index contributed by atoms with van der Waals surface area (Å²) in [6.45, 7) is 7.56. The summed E-state index contributed by atoms with van der Waals surface area (Å²) < 4.78 is 5.00. The van der Waals surface area contributed by atoms with E-state index in [0.29, 0.717) is 24.8 Å². The molecule has 1 fully saturated rings. The molecule has 1 aliphatic rings. The third-order valence-electron chi connectivity index (χ3n) is 5.17. The van der Waals surface area contributed by atoms with E-state index in [1.54, 1.807) is 13.2 Å². The monoisotopic (exact) mass is 397 g/mol. The first-order valence-corrected chi connectivity index (χ1v) is 10.3. The van der Waals surface area contributed by atoms with E-state index in [-0.39, 0.29) is 5.91 Å². The van der Waals surface area contributed by atoms with Gasteiger partial charge in [0.15, 0.2) is 0 Å². The van der Waals surface area contributed by atoms with Crippen LogP contribution in [0.15, 0.2) is 30.3 Å². The molecule has 1 aromatic carbocycles. The van der Waals surface area contributed by atoms with Crippen molar-refractivity contribution in [3.05, 3.63) is 41.7 Å². The Morgan fingerprint density at radius 3 is 2.62 bits per heavy atom. The number of nitrogens with one attached hydrogen (secondary N) is 2. The van der Waals surface area contributed by atoms with Crippen LogP contribution in [0.1, 0.15) is 42.4 Å². The maximum atomic E-state index is 12.3. The van der Waals surface area contributed by atoms with Gasteiger partial charge in [-0.25, -0.2) is 9.97 Å². The average molecular weight is 398 g/mol. The molecular formula is C22H31N5O2. The van der Waals surface area contributed by atoms with Crippen molar-refractivity contribution in [2.75, 3.05) is 43.6 Å². The van der Waals surface area contributed by atoms with Crippen LogP contribution in [-0.2, 0) is 4.74 Å². The standard InChI is InChI=1S/C22H31N5O2/c1-16-9-12-27(13-10-16)19-7-5-18(6-8-19)25-22-24-17(2)15-20(26-22)21(28)23-11-4-14-29-3/h5-8,15-16H,4,9-14H2,1-3H3,(H,23,28)(H,24,25,26). The van der Waals surface area contributed by atoms with Crippen LogP contribution in [0.4, 0.5) is 17.3 Å². The third kappa shape index (κ3) is 6.15. The summed E-state index contributed by atoms with van der Waals surface area (Å²) in [4.78, 5) is 23.5. The molecule has 0 saturated carbocycles. The van der Waals surface area contributed by atoms with E-state index in [0.717, 1.165) is 36.8 Å². The Bertz CT molecular complexity index is 801. The molecule has 2 N–H and O–H groups in total. The number of nitrogens with zero attached hydrogens (tertiary/aromatic N) is 3. The van der Waals surface area contributed by atoms with Gasteiger partial charge in [-0.15, -0.1) is 0 Å². The SMILES string of the molecule is COCCCNC(=O)c1cc(C)nc(Nc2ccc(N3CCC(C)CC3)cc2)n1. The Balaban J connectivity index is 1.62. The molecule has 7 heteroatoms. The van der Waals surface area contributed by atoms with Crippen molar-refractivity contribution in [2.24, 2.45) is 5.92 Å². The van der Waals surface area contributed by atoms with Gasteiger partial charge in [0.25, 0.3) is 5.91 Å². The van der Waals surface area contributed by atoms with E-state index < -0.39 is 0 Å². The van der Waals surface area contributed by atoms with Crippen molar-refractivity contribution in [2.45, 2.75) is 33.1 Å². The first kappa shape index (κ1) is 21.0. The van der Waals surface area contributed by atoms with E-state index in [9.17, 15) is 4.79 Å². The van der Waals surface area contributed by atoms with Crippen molar-refractivity contribution >= 4 is 23.2 Å². The molecule has 1 aromatic heterocycles. The number of amides is 1. The molecule has 1 saturated heterocycles. The third-order valence-corrected chi connectivity index (χ3v) is 5.17. The van der Waals surface area contributed by atoms with Crippen LogP contribution in [-0.4, -0.2) is 49.2 Å². The summed E-state index contributed by atoms with van der Waals surface area (Å²) in [5.41, 5.74) is 3.24. The van der Waals surface area contributed by atoms with Crippen LogP contribution in [0, 0.1) is 12.8 Å². The van der Waals surface area contributed by atoms with Gasteiger partial charge >= 0.3 is 0 Å². The number of anilines is 3. The Morgan fingerprint density at radius 1 is 1.21 bits per heavy atom. The zero-order valence-corrected chi connectivity index (χ0v) is 17.6. The number of hydrogen-bond acceptors (Lipinski definition) is 6. The van der Waals surface area contributed by atoms with Gasteiger partial charge in [-0.1, -0.05) is 6.92 Å². The quantitative estimate of drug-likeness (QED) is 0.664. The normalized spacial score (nSPS) is 14.7. The lowest BCUT2D eigenvalue weighted by Crippen LogP contribution is -2.32. The molecule has 0 unspecified atom stereocenters. The van der Waals surface area contributed by atoms with Gasteiger partial charge in [0.1, 0.15) is 5.69 Å². The van der Waals surface area contributed by atoms with Crippen LogP contribution in [0.25, 0.3) is 0 Å². The van der Waals surface area contributed by atoms with Gasteiger partial charge in [0.2, 0.25) is 5.95 Å². The largest absolute Gasteiger partial charge is 0.385 e. The molecule has 0 bridgehead atoms. The van der Waals surface area contributed by atoms with Crippen molar-refractivity contribution in [1.29, 1.82) is 0 Å². The fourth-order valence-corrected chi connectivity index (χ4v) is 3.40. The Labute approximate surface area is 172 Å². The molecule has 0 radical (unpaired) electrons. The number of carbonyl (C=O) groups is 1. The Kier molecular flexibility index (Phi) is 7.41. The lowest BCUT2D eigenvalue weighted by molar-refractivity contribution is 0.0943. The predicted molar refractivity (Wildman–Crippen MR) is 116 cm³/mol. The van der Waals surface area contributed by atoms with E-state index in [2.05, 4.69) is 44.6 Å². The minimum atomic E-state index is -0.204. The summed E-state index contributed by atoms with van der Waals surface area (Å²) in [6.07, 6.45) is 3.25. The predicted octanol–water partition coefficient (Wildman–Crippen LogP) is 3.53. The zero-order valence-electron chi connectivity index (χ0n) is 17.6. The molecule has 1 aliphatic heterocycles. The molecule has 3 rings (SSSR count). The van der Waals surface area contributed by atoms with Gasteiger partial charge < -0.3 is 20.3 Å². The average Bonchev–Trinajstić information content (AvgIpc) is 2.72.